The van der Waals surface area contributed by atoms with E-state index in [9.17, 15) is 10.2 Å². The first-order valence-corrected chi connectivity index (χ1v) is 5.51. The first kappa shape index (κ1) is 11.9. The molecule has 5 heteroatoms. The molecule has 2 rings (SSSR count). The summed E-state index contributed by atoms with van der Waals surface area (Å²) in [6, 6.07) is 7.05. The third-order valence-electron chi connectivity index (χ3n) is 2.65. The molecule has 0 aliphatic rings. The van der Waals surface area contributed by atoms with E-state index in [0.29, 0.717) is 10.6 Å². The van der Waals surface area contributed by atoms with E-state index in [1.165, 1.54) is 0 Å². The monoisotopic (exact) mass is 250 g/mol. The Morgan fingerprint density at radius 2 is 2.18 bits per heavy atom. The highest BCUT2D eigenvalue weighted by Crippen LogP contribution is 2.30. The highest BCUT2D eigenvalue weighted by Gasteiger charge is 2.21. The number of rotatable bonds is 3. The Hall–Kier alpha value is -1.54. The summed E-state index contributed by atoms with van der Waals surface area (Å²) in [5.41, 5.74) is 1.29. The SMILES string of the molecule is N#CCC(O)C(O)c1cc2cc[nH]c2cc1Cl. The topological polar surface area (TPSA) is 80.0 Å². The van der Waals surface area contributed by atoms with Gasteiger partial charge in [-0.1, -0.05) is 11.6 Å². The van der Waals surface area contributed by atoms with Crippen LogP contribution in [0.15, 0.2) is 24.4 Å². The van der Waals surface area contributed by atoms with Crippen molar-refractivity contribution >= 4 is 22.5 Å². The van der Waals surface area contributed by atoms with Crippen LogP contribution >= 0.6 is 11.6 Å². The molecule has 88 valence electrons. The van der Waals surface area contributed by atoms with Crippen LogP contribution < -0.4 is 0 Å². The minimum absolute atomic E-state index is 0.136. The second kappa shape index (κ2) is 4.76. The van der Waals surface area contributed by atoms with Crippen molar-refractivity contribution in [3.8, 4) is 6.07 Å². The smallest absolute Gasteiger partial charge is 0.107 e. The van der Waals surface area contributed by atoms with Gasteiger partial charge in [-0.25, -0.2) is 0 Å². The normalized spacial score (nSPS) is 14.5. The highest BCUT2D eigenvalue weighted by atomic mass is 35.5. The summed E-state index contributed by atoms with van der Waals surface area (Å²) in [4.78, 5) is 3.00. The van der Waals surface area contributed by atoms with Crippen molar-refractivity contribution in [3.05, 3.63) is 35.0 Å². The van der Waals surface area contributed by atoms with E-state index in [0.717, 1.165) is 10.9 Å². The lowest BCUT2D eigenvalue weighted by Crippen LogP contribution is -2.17. The van der Waals surface area contributed by atoms with Crippen LogP contribution in [0.1, 0.15) is 18.1 Å². The fraction of sp³-hybridized carbons (Fsp3) is 0.250. The lowest BCUT2D eigenvalue weighted by atomic mass is 10.0. The number of hydrogen-bond acceptors (Lipinski definition) is 3. The number of nitrogens with one attached hydrogen (secondary N) is 1. The number of nitrogens with zero attached hydrogens (tertiary/aromatic N) is 1. The van der Waals surface area contributed by atoms with Crippen LogP contribution in [0.4, 0.5) is 0 Å². The number of halogens is 1. The van der Waals surface area contributed by atoms with Crippen molar-refractivity contribution in [2.24, 2.45) is 0 Å². The number of nitriles is 1. The molecule has 3 N–H and O–H groups in total. The molecule has 2 aromatic rings. The largest absolute Gasteiger partial charge is 0.389 e. The van der Waals surface area contributed by atoms with Gasteiger partial charge in [-0.2, -0.15) is 5.26 Å². The number of aliphatic hydroxyl groups is 2. The Kier molecular flexibility index (Phi) is 3.34. The molecule has 0 radical (unpaired) electrons. The van der Waals surface area contributed by atoms with Crippen molar-refractivity contribution in [2.45, 2.75) is 18.6 Å². The van der Waals surface area contributed by atoms with Crippen LogP contribution in [0.2, 0.25) is 5.02 Å². The molecule has 4 nitrogen and oxygen atoms in total. The van der Waals surface area contributed by atoms with Gasteiger partial charge in [-0.15, -0.1) is 0 Å². The zero-order valence-corrected chi connectivity index (χ0v) is 9.65. The summed E-state index contributed by atoms with van der Waals surface area (Å²) in [6.07, 6.45) is -0.652. The quantitative estimate of drug-likeness (QED) is 0.781. The van der Waals surface area contributed by atoms with Crippen LogP contribution in [0.5, 0.6) is 0 Å². The van der Waals surface area contributed by atoms with Crippen LogP contribution in [0.25, 0.3) is 10.9 Å². The van der Waals surface area contributed by atoms with Crippen molar-refractivity contribution in [3.63, 3.8) is 0 Å². The van der Waals surface area contributed by atoms with Gasteiger partial charge in [0, 0.05) is 22.3 Å². The summed E-state index contributed by atoms with van der Waals surface area (Å²) in [7, 11) is 0. The maximum atomic E-state index is 9.90. The van der Waals surface area contributed by atoms with E-state index < -0.39 is 12.2 Å². The summed E-state index contributed by atoms with van der Waals surface area (Å²) in [5, 5.41) is 29.2. The lowest BCUT2D eigenvalue weighted by molar-refractivity contribution is 0.0218. The minimum atomic E-state index is -1.15. The summed E-state index contributed by atoms with van der Waals surface area (Å²) < 4.78 is 0. The first-order valence-electron chi connectivity index (χ1n) is 5.13. The number of aromatic amines is 1. The molecule has 0 fully saturated rings. The Balaban J connectivity index is 2.40. The van der Waals surface area contributed by atoms with E-state index in [-0.39, 0.29) is 6.42 Å². The molecular weight excluding hydrogens is 240 g/mol. The highest BCUT2D eigenvalue weighted by molar-refractivity contribution is 6.32. The molecule has 1 aromatic carbocycles. The molecule has 0 amide bonds. The van der Waals surface area contributed by atoms with Crippen molar-refractivity contribution in [1.29, 1.82) is 5.26 Å². The first-order chi connectivity index (χ1) is 8.13. The Bertz CT molecular complexity index is 573. The van der Waals surface area contributed by atoms with Crippen LogP contribution in [0, 0.1) is 11.3 Å². The zero-order chi connectivity index (χ0) is 12.4. The number of benzene rings is 1. The van der Waals surface area contributed by atoms with Gasteiger partial charge in [0.05, 0.1) is 18.6 Å². The van der Waals surface area contributed by atoms with Gasteiger partial charge < -0.3 is 15.2 Å². The molecule has 0 aliphatic carbocycles. The number of aromatic nitrogens is 1. The Morgan fingerprint density at radius 1 is 1.41 bits per heavy atom. The van der Waals surface area contributed by atoms with Crippen LogP contribution in [-0.4, -0.2) is 21.3 Å². The second-order valence-electron chi connectivity index (χ2n) is 3.81. The molecule has 2 unspecified atom stereocenters. The van der Waals surface area contributed by atoms with Crippen LogP contribution in [-0.2, 0) is 0 Å². The average Bonchev–Trinajstić information content (AvgIpc) is 2.74. The molecule has 17 heavy (non-hydrogen) atoms. The zero-order valence-electron chi connectivity index (χ0n) is 8.89. The average molecular weight is 251 g/mol. The maximum Gasteiger partial charge on any atom is 0.107 e. The van der Waals surface area contributed by atoms with E-state index in [2.05, 4.69) is 4.98 Å². The molecule has 0 saturated heterocycles. The molecule has 2 atom stereocenters. The van der Waals surface area contributed by atoms with Gasteiger partial charge in [0.2, 0.25) is 0 Å². The van der Waals surface area contributed by atoms with Gasteiger partial charge in [-0.3, -0.25) is 0 Å². The molecule has 0 bridgehead atoms. The number of fused-ring (bicyclic) bond motifs is 1. The van der Waals surface area contributed by atoms with E-state index in [1.54, 1.807) is 18.3 Å². The fourth-order valence-corrected chi connectivity index (χ4v) is 2.01. The molecule has 1 aromatic heterocycles. The number of hydrogen-bond donors (Lipinski definition) is 3. The van der Waals surface area contributed by atoms with Gasteiger partial charge in [0.15, 0.2) is 0 Å². The second-order valence-corrected chi connectivity index (χ2v) is 4.22. The van der Waals surface area contributed by atoms with Gasteiger partial charge >= 0.3 is 0 Å². The van der Waals surface area contributed by atoms with Crippen molar-refractivity contribution in [1.82, 2.24) is 4.98 Å². The summed E-state index contributed by atoms with van der Waals surface area (Å²) in [6.45, 7) is 0. The Morgan fingerprint density at radius 3 is 2.88 bits per heavy atom. The fourth-order valence-electron chi connectivity index (χ4n) is 1.73. The van der Waals surface area contributed by atoms with Crippen molar-refractivity contribution in [2.75, 3.05) is 0 Å². The Labute approximate surface area is 103 Å². The molecular formula is C12H11ClN2O2. The third-order valence-corrected chi connectivity index (χ3v) is 2.98. The predicted molar refractivity (Wildman–Crippen MR) is 64.5 cm³/mol. The van der Waals surface area contributed by atoms with Gasteiger partial charge in [-0.05, 0) is 23.6 Å². The van der Waals surface area contributed by atoms with Gasteiger partial charge in [0.25, 0.3) is 0 Å². The lowest BCUT2D eigenvalue weighted by Gasteiger charge is -2.17. The van der Waals surface area contributed by atoms with E-state index in [4.69, 9.17) is 16.9 Å². The summed E-state index contributed by atoms with van der Waals surface area (Å²) >= 11 is 6.03. The molecule has 0 aliphatic heterocycles. The molecule has 1 heterocycles. The van der Waals surface area contributed by atoms with E-state index >= 15 is 0 Å². The minimum Gasteiger partial charge on any atom is -0.389 e. The number of aliphatic hydroxyl groups excluding tert-OH is 2. The van der Waals surface area contributed by atoms with Crippen molar-refractivity contribution < 1.29 is 10.2 Å². The van der Waals surface area contributed by atoms with Crippen LogP contribution in [0.3, 0.4) is 0 Å². The molecule has 0 spiro atoms. The number of H-pyrrole nitrogens is 1. The summed E-state index contributed by atoms with van der Waals surface area (Å²) in [5.74, 6) is 0. The van der Waals surface area contributed by atoms with Gasteiger partial charge in [0.1, 0.15) is 6.10 Å². The standard InChI is InChI=1S/C12H11ClN2O2/c13-9-6-10-7(2-4-15-10)5-8(9)12(17)11(16)1-3-14/h2,4-6,11-12,15-17H,1H2. The maximum absolute atomic E-state index is 9.90. The predicted octanol–water partition coefficient (Wildman–Crippen LogP) is 2.13. The third kappa shape index (κ3) is 2.27. The van der Waals surface area contributed by atoms with E-state index in [1.807, 2.05) is 12.1 Å². The molecule has 0 saturated carbocycles.